The number of methoxy groups -OCH3 is 1. The first kappa shape index (κ1) is 21.5. The van der Waals surface area contributed by atoms with Crippen LogP contribution in [-0.2, 0) is 9.47 Å². The van der Waals surface area contributed by atoms with E-state index >= 15 is 0 Å². The van der Waals surface area contributed by atoms with E-state index in [4.69, 9.17) is 9.47 Å². The molecular formula is C23H28N4O3S. The molecule has 4 rings (SSSR count). The van der Waals surface area contributed by atoms with E-state index in [0.717, 1.165) is 40.5 Å². The maximum Gasteiger partial charge on any atom is 0.348 e. The van der Waals surface area contributed by atoms with E-state index in [0.29, 0.717) is 17.3 Å². The zero-order chi connectivity index (χ0) is 21.8. The van der Waals surface area contributed by atoms with Gasteiger partial charge < -0.3 is 19.7 Å². The Kier molecular flexibility index (Phi) is 6.67. The van der Waals surface area contributed by atoms with Crippen LogP contribution in [0.1, 0.15) is 35.0 Å². The van der Waals surface area contributed by atoms with E-state index in [9.17, 15) is 4.79 Å². The number of fused-ring (bicyclic) bond motifs is 1. The molecule has 0 spiro atoms. The molecule has 31 heavy (non-hydrogen) atoms. The van der Waals surface area contributed by atoms with Crippen molar-refractivity contribution < 1.29 is 14.3 Å². The van der Waals surface area contributed by atoms with Gasteiger partial charge in [-0.15, -0.1) is 11.3 Å². The number of aromatic nitrogens is 2. The molecule has 1 aliphatic heterocycles. The summed E-state index contributed by atoms with van der Waals surface area (Å²) >= 11 is 1.32. The number of aryl methyl sites for hydroxylation is 1. The molecule has 0 aliphatic carbocycles. The molecule has 164 valence electrons. The summed E-state index contributed by atoms with van der Waals surface area (Å²) in [6, 6.07) is 8.44. The van der Waals surface area contributed by atoms with Gasteiger partial charge in [0.2, 0.25) is 0 Å². The largest absolute Gasteiger partial charge is 0.459 e. The van der Waals surface area contributed by atoms with Gasteiger partial charge in [0.25, 0.3) is 0 Å². The molecule has 1 aliphatic rings. The lowest BCUT2D eigenvalue weighted by Crippen LogP contribution is -2.32. The Morgan fingerprint density at radius 1 is 1.19 bits per heavy atom. The number of carbonyl (C=O) groups excluding carboxylic acids is 1. The zero-order valence-electron chi connectivity index (χ0n) is 18.2. The molecule has 0 bridgehead atoms. The molecule has 0 atom stereocenters. The number of ether oxygens (including phenoxy) is 2. The number of rotatable bonds is 7. The van der Waals surface area contributed by atoms with Gasteiger partial charge in [-0.25, -0.2) is 14.8 Å². The second kappa shape index (κ2) is 9.62. The number of anilines is 3. The first-order valence-corrected chi connectivity index (χ1v) is 11.4. The van der Waals surface area contributed by atoms with Gasteiger partial charge in [-0.2, -0.15) is 0 Å². The van der Waals surface area contributed by atoms with E-state index in [1.54, 1.807) is 7.11 Å². The molecule has 1 fully saturated rings. The molecule has 8 heteroatoms. The third kappa shape index (κ3) is 4.80. The van der Waals surface area contributed by atoms with Crippen molar-refractivity contribution in [2.75, 3.05) is 43.6 Å². The summed E-state index contributed by atoms with van der Waals surface area (Å²) in [4.78, 5) is 25.0. The minimum atomic E-state index is -0.358. The number of esters is 1. The van der Waals surface area contributed by atoms with Crippen molar-refractivity contribution in [1.82, 2.24) is 9.97 Å². The fourth-order valence-electron chi connectivity index (χ4n) is 3.80. The van der Waals surface area contributed by atoms with Crippen LogP contribution in [0.15, 0.2) is 30.6 Å². The Morgan fingerprint density at radius 2 is 1.94 bits per heavy atom. The molecule has 3 aromatic rings. The molecule has 0 radical (unpaired) electrons. The number of hydrogen-bond donors (Lipinski definition) is 1. The predicted molar refractivity (Wildman–Crippen MR) is 125 cm³/mol. The summed E-state index contributed by atoms with van der Waals surface area (Å²) in [6.45, 7) is 7.04. The number of thiophene rings is 1. The van der Waals surface area contributed by atoms with Crippen molar-refractivity contribution in [3.8, 4) is 0 Å². The van der Waals surface area contributed by atoms with Gasteiger partial charge in [-0.05, 0) is 55.5 Å². The Labute approximate surface area is 186 Å². The smallest absolute Gasteiger partial charge is 0.348 e. The highest BCUT2D eigenvalue weighted by Gasteiger charge is 2.21. The van der Waals surface area contributed by atoms with Crippen LogP contribution in [-0.4, -0.2) is 49.4 Å². The second-order valence-electron chi connectivity index (χ2n) is 7.93. The summed E-state index contributed by atoms with van der Waals surface area (Å²) in [5.74, 6) is 1.14. The fourth-order valence-corrected chi connectivity index (χ4v) is 4.85. The summed E-state index contributed by atoms with van der Waals surface area (Å²) in [6.07, 6.45) is 4.00. The van der Waals surface area contributed by atoms with E-state index < -0.39 is 0 Å². The molecule has 0 amide bonds. The molecule has 7 nitrogen and oxygen atoms in total. The molecule has 1 saturated heterocycles. The average Bonchev–Trinajstić information content (AvgIpc) is 3.13. The molecule has 0 unspecified atom stereocenters. The van der Waals surface area contributed by atoms with E-state index in [1.165, 1.54) is 36.2 Å². The van der Waals surface area contributed by atoms with Crippen molar-refractivity contribution in [1.29, 1.82) is 0 Å². The monoisotopic (exact) mass is 440 g/mol. The molecule has 2 aromatic heterocycles. The van der Waals surface area contributed by atoms with Crippen LogP contribution in [0.5, 0.6) is 0 Å². The van der Waals surface area contributed by atoms with Gasteiger partial charge in [-0.3, -0.25) is 0 Å². The number of benzene rings is 1. The molecule has 0 saturated carbocycles. The third-order valence-electron chi connectivity index (χ3n) is 5.71. The van der Waals surface area contributed by atoms with Crippen LogP contribution >= 0.6 is 11.3 Å². The summed E-state index contributed by atoms with van der Waals surface area (Å²) in [5, 5.41) is 4.24. The summed E-state index contributed by atoms with van der Waals surface area (Å²) < 4.78 is 10.2. The first-order valence-electron chi connectivity index (χ1n) is 10.6. The topological polar surface area (TPSA) is 76.6 Å². The van der Waals surface area contributed by atoms with E-state index in [2.05, 4.69) is 51.4 Å². The predicted octanol–water partition coefficient (Wildman–Crippen LogP) is 4.78. The maximum absolute atomic E-state index is 12.4. The molecule has 1 aromatic carbocycles. The Hall–Kier alpha value is -2.71. The number of carbonyl (C=O) groups is 1. The lowest BCUT2D eigenvalue weighted by Gasteiger charge is -2.32. The van der Waals surface area contributed by atoms with Gasteiger partial charge in [0.15, 0.2) is 0 Å². The Bertz CT molecular complexity index is 1040. The minimum Gasteiger partial charge on any atom is -0.459 e. The number of nitrogens with one attached hydrogen (secondary N) is 1. The van der Waals surface area contributed by atoms with Crippen molar-refractivity contribution in [2.45, 2.75) is 26.7 Å². The van der Waals surface area contributed by atoms with Crippen LogP contribution in [0, 0.1) is 12.8 Å². The van der Waals surface area contributed by atoms with Gasteiger partial charge in [-0.1, -0.05) is 6.92 Å². The molecule has 3 heterocycles. The lowest BCUT2D eigenvalue weighted by atomic mass is 9.99. The van der Waals surface area contributed by atoms with Crippen molar-refractivity contribution in [3.63, 3.8) is 0 Å². The Morgan fingerprint density at radius 3 is 2.65 bits per heavy atom. The van der Waals surface area contributed by atoms with Crippen LogP contribution in [0.2, 0.25) is 0 Å². The van der Waals surface area contributed by atoms with Gasteiger partial charge in [0.1, 0.15) is 28.5 Å². The van der Waals surface area contributed by atoms with Crippen LogP contribution < -0.4 is 10.2 Å². The molecule has 1 N–H and O–H groups in total. The normalized spacial score (nSPS) is 14.7. The van der Waals surface area contributed by atoms with Gasteiger partial charge in [0, 0.05) is 31.6 Å². The highest BCUT2D eigenvalue weighted by atomic mass is 32.1. The highest BCUT2D eigenvalue weighted by Crippen LogP contribution is 2.35. The van der Waals surface area contributed by atoms with Gasteiger partial charge in [0.05, 0.1) is 12.0 Å². The standard InChI is InChI=1S/C23H28N4O3S/c1-15-8-10-27(11-9-15)18-6-4-17(5-7-18)26-21-19-16(2)20(23(28)30-13-12-29-3)31-22(19)25-14-24-21/h4-7,14-15H,8-13H2,1-3H3,(H,24,25,26). The fraction of sp³-hybridized carbons (Fsp3) is 0.435. The van der Waals surface area contributed by atoms with Crippen molar-refractivity contribution in [3.05, 3.63) is 41.0 Å². The van der Waals surface area contributed by atoms with Gasteiger partial charge >= 0.3 is 5.97 Å². The van der Waals surface area contributed by atoms with Crippen molar-refractivity contribution >= 4 is 44.7 Å². The first-order chi connectivity index (χ1) is 15.1. The van der Waals surface area contributed by atoms with Crippen LogP contribution in [0.3, 0.4) is 0 Å². The zero-order valence-corrected chi connectivity index (χ0v) is 19.0. The summed E-state index contributed by atoms with van der Waals surface area (Å²) in [7, 11) is 1.57. The summed E-state index contributed by atoms with van der Waals surface area (Å²) in [5.41, 5.74) is 3.02. The van der Waals surface area contributed by atoms with E-state index in [1.807, 2.05) is 6.92 Å². The highest BCUT2D eigenvalue weighted by molar-refractivity contribution is 7.20. The Balaban J connectivity index is 1.52. The van der Waals surface area contributed by atoms with E-state index in [-0.39, 0.29) is 12.6 Å². The molecular weight excluding hydrogens is 412 g/mol. The third-order valence-corrected chi connectivity index (χ3v) is 6.89. The van der Waals surface area contributed by atoms with Crippen LogP contribution in [0.25, 0.3) is 10.2 Å². The second-order valence-corrected chi connectivity index (χ2v) is 8.93. The number of hydrogen-bond acceptors (Lipinski definition) is 8. The average molecular weight is 441 g/mol. The SMILES string of the molecule is COCCOC(=O)c1sc2ncnc(Nc3ccc(N4CCC(C)CC4)cc3)c2c1C. The van der Waals surface area contributed by atoms with Crippen LogP contribution in [0.4, 0.5) is 17.2 Å². The minimum absolute atomic E-state index is 0.224. The maximum atomic E-state index is 12.4. The quantitative estimate of drug-likeness (QED) is 0.418. The number of piperidine rings is 1. The number of nitrogens with zero attached hydrogens (tertiary/aromatic N) is 3. The van der Waals surface area contributed by atoms with Crippen molar-refractivity contribution in [2.24, 2.45) is 5.92 Å². The lowest BCUT2D eigenvalue weighted by molar-refractivity contribution is 0.0393.